The van der Waals surface area contributed by atoms with E-state index in [4.69, 9.17) is 5.41 Å². The van der Waals surface area contributed by atoms with Crippen molar-refractivity contribution in [2.45, 2.75) is 32.3 Å². The van der Waals surface area contributed by atoms with Gasteiger partial charge in [-0.3, -0.25) is 10.4 Å². The topological polar surface area (TPSA) is 92.8 Å². The van der Waals surface area contributed by atoms with E-state index < -0.39 is 11.9 Å². The van der Waals surface area contributed by atoms with E-state index in [0.717, 1.165) is 12.1 Å². The van der Waals surface area contributed by atoms with Gasteiger partial charge < -0.3 is 10.4 Å². The smallest absolute Gasteiger partial charge is 0.137 e. The molecule has 1 heterocycles. The highest BCUT2D eigenvalue weighted by Crippen LogP contribution is 2.31. The molecule has 0 spiro atoms. The summed E-state index contributed by atoms with van der Waals surface area (Å²) in [5, 5.41) is 30.5. The van der Waals surface area contributed by atoms with Gasteiger partial charge in [-0.25, -0.2) is 4.39 Å². The normalized spacial score (nSPS) is 15.0. The molecule has 144 valence electrons. The standard InChI is InChI=1S/C22H23FN4O/c1-14(28)20-10-18(23)6-7-19(20)22-16(3-2-8-27-22)9-17(21(25)11-24)13-26-12-15-4-5-15/h2-3,6-8,10,13-15,25-26,28H,4-5,9,12H2,1H3/b17-13-,25-21?/t14-/m1/s1. The number of hydrogen-bond donors (Lipinski definition) is 3. The molecule has 5 nitrogen and oxygen atoms in total. The highest BCUT2D eigenvalue weighted by molar-refractivity contribution is 6.09. The third kappa shape index (κ3) is 4.81. The fourth-order valence-electron chi connectivity index (χ4n) is 3.08. The zero-order valence-corrected chi connectivity index (χ0v) is 15.7. The molecule has 28 heavy (non-hydrogen) atoms. The zero-order chi connectivity index (χ0) is 20.1. The molecule has 6 heteroatoms. The SMILES string of the molecule is C[C@@H](O)c1cc(F)ccc1-c1ncccc1C/C(=C/NCC1CC1)C(=N)C#N. The summed E-state index contributed by atoms with van der Waals surface area (Å²) in [6.07, 6.45) is 5.29. The van der Waals surface area contributed by atoms with Gasteiger partial charge in [0.25, 0.3) is 0 Å². The molecule has 0 unspecified atom stereocenters. The summed E-state index contributed by atoms with van der Waals surface area (Å²) < 4.78 is 13.7. The van der Waals surface area contributed by atoms with E-state index in [0.29, 0.717) is 34.7 Å². The average Bonchev–Trinajstić information content (AvgIpc) is 3.51. The number of nitriles is 1. The zero-order valence-electron chi connectivity index (χ0n) is 15.7. The number of nitrogens with one attached hydrogen (secondary N) is 2. The molecule has 0 radical (unpaired) electrons. The number of benzene rings is 1. The third-order valence-electron chi connectivity index (χ3n) is 4.80. The van der Waals surface area contributed by atoms with E-state index in [-0.39, 0.29) is 5.71 Å². The van der Waals surface area contributed by atoms with Crippen LogP contribution in [0.3, 0.4) is 0 Å². The Morgan fingerprint density at radius 1 is 1.46 bits per heavy atom. The minimum absolute atomic E-state index is 0.104. The minimum Gasteiger partial charge on any atom is -0.390 e. The van der Waals surface area contributed by atoms with E-state index in [1.54, 1.807) is 31.5 Å². The summed E-state index contributed by atoms with van der Waals surface area (Å²) >= 11 is 0. The van der Waals surface area contributed by atoms with Crippen molar-refractivity contribution in [3.63, 3.8) is 0 Å². The van der Waals surface area contributed by atoms with Crippen LogP contribution < -0.4 is 5.32 Å². The molecule has 2 aromatic rings. The van der Waals surface area contributed by atoms with E-state index in [2.05, 4.69) is 10.3 Å². The maximum atomic E-state index is 13.7. The van der Waals surface area contributed by atoms with Crippen LogP contribution >= 0.6 is 0 Å². The van der Waals surface area contributed by atoms with Crippen molar-refractivity contribution >= 4 is 5.71 Å². The second-order valence-electron chi connectivity index (χ2n) is 7.10. The van der Waals surface area contributed by atoms with Crippen LogP contribution in [0, 0.1) is 28.5 Å². The molecule has 0 amide bonds. The summed E-state index contributed by atoms with van der Waals surface area (Å²) in [5.41, 5.74) is 2.97. The van der Waals surface area contributed by atoms with Crippen LogP contribution in [0.15, 0.2) is 48.3 Å². The first-order chi connectivity index (χ1) is 13.5. The quantitative estimate of drug-likeness (QED) is 0.607. The Bertz CT molecular complexity index is 942. The Kier molecular flexibility index (Phi) is 6.17. The maximum Gasteiger partial charge on any atom is 0.137 e. The van der Waals surface area contributed by atoms with Crippen LogP contribution in [0.25, 0.3) is 11.3 Å². The van der Waals surface area contributed by atoms with Crippen LogP contribution in [0.4, 0.5) is 4.39 Å². The number of aliphatic hydroxyl groups excluding tert-OH is 1. The molecule has 1 aliphatic carbocycles. The lowest BCUT2D eigenvalue weighted by Crippen LogP contribution is -2.14. The van der Waals surface area contributed by atoms with Gasteiger partial charge in [0.05, 0.1) is 11.8 Å². The second kappa shape index (κ2) is 8.77. The van der Waals surface area contributed by atoms with Gasteiger partial charge in [-0.1, -0.05) is 6.07 Å². The van der Waals surface area contributed by atoms with Gasteiger partial charge in [0.1, 0.15) is 17.6 Å². The van der Waals surface area contributed by atoms with E-state index in [9.17, 15) is 14.8 Å². The Balaban J connectivity index is 1.95. The predicted molar refractivity (Wildman–Crippen MR) is 106 cm³/mol. The lowest BCUT2D eigenvalue weighted by atomic mass is 9.93. The molecule has 1 fully saturated rings. The monoisotopic (exact) mass is 378 g/mol. The van der Waals surface area contributed by atoms with E-state index in [1.807, 2.05) is 12.1 Å². The van der Waals surface area contributed by atoms with Crippen LogP contribution in [-0.4, -0.2) is 22.3 Å². The third-order valence-corrected chi connectivity index (χ3v) is 4.80. The number of aromatic nitrogens is 1. The van der Waals surface area contributed by atoms with Crippen molar-refractivity contribution < 1.29 is 9.50 Å². The Hall–Kier alpha value is -3.04. The van der Waals surface area contributed by atoms with Crippen molar-refractivity contribution in [1.29, 1.82) is 10.7 Å². The molecule has 1 aromatic heterocycles. The predicted octanol–water partition coefficient (Wildman–Crippen LogP) is 3.91. The minimum atomic E-state index is -0.854. The van der Waals surface area contributed by atoms with Gasteiger partial charge in [0.2, 0.25) is 0 Å². The van der Waals surface area contributed by atoms with Crippen molar-refractivity contribution in [2.75, 3.05) is 6.54 Å². The number of nitrogens with zero attached hydrogens (tertiary/aromatic N) is 2. The molecule has 0 aliphatic heterocycles. The molecule has 0 saturated heterocycles. The number of halogens is 1. The van der Waals surface area contributed by atoms with Crippen LogP contribution in [-0.2, 0) is 6.42 Å². The second-order valence-corrected chi connectivity index (χ2v) is 7.10. The van der Waals surface area contributed by atoms with Gasteiger partial charge in [0.15, 0.2) is 0 Å². The fourth-order valence-corrected chi connectivity index (χ4v) is 3.08. The lowest BCUT2D eigenvalue weighted by molar-refractivity contribution is 0.199. The number of pyridine rings is 1. The van der Waals surface area contributed by atoms with Crippen LogP contribution in [0.5, 0.6) is 0 Å². The van der Waals surface area contributed by atoms with Gasteiger partial charge in [-0.05, 0) is 61.1 Å². The van der Waals surface area contributed by atoms with Crippen molar-refractivity contribution in [2.24, 2.45) is 5.92 Å². The number of allylic oxidation sites excluding steroid dienone is 1. The summed E-state index contributed by atoms with van der Waals surface area (Å²) in [7, 11) is 0. The lowest BCUT2D eigenvalue weighted by Gasteiger charge is -2.15. The molecule has 1 atom stereocenters. The number of hydrogen-bond acceptors (Lipinski definition) is 5. The maximum absolute atomic E-state index is 13.7. The molecule has 1 aromatic carbocycles. The average molecular weight is 378 g/mol. The highest BCUT2D eigenvalue weighted by atomic mass is 19.1. The molecule has 3 rings (SSSR count). The molecule has 1 aliphatic rings. The van der Waals surface area contributed by atoms with Crippen LogP contribution in [0.2, 0.25) is 0 Å². The van der Waals surface area contributed by atoms with E-state index in [1.165, 1.54) is 25.0 Å². The largest absolute Gasteiger partial charge is 0.390 e. The van der Waals surface area contributed by atoms with Crippen molar-refractivity contribution in [3.05, 3.63) is 65.2 Å². The van der Waals surface area contributed by atoms with E-state index >= 15 is 0 Å². The number of rotatable bonds is 8. The number of aliphatic hydroxyl groups is 1. The Morgan fingerprint density at radius 2 is 2.25 bits per heavy atom. The molecule has 3 N–H and O–H groups in total. The van der Waals surface area contributed by atoms with Crippen LogP contribution in [0.1, 0.15) is 37.0 Å². The molecule has 0 bridgehead atoms. The Labute approximate surface area is 164 Å². The summed E-state index contributed by atoms with van der Waals surface area (Å²) in [6, 6.07) is 9.81. The Morgan fingerprint density at radius 3 is 2.93 bits per heavy atom. The first-order valence-corrected chi connectivity index (χ1v) is 9.32. The first kappa shape index (κ1) is 19.7. The van der Waals surface area contributed by atoms with Gasteiger partial charge in [-0.15, -0.1) is 0 Å². The summed E-state index contributed by atoms with van der Waals surface area (Å²) in [5.74, 6) is 0.254. The van der Waals surface area contributed by atoms with Crippen molar-refractivity contribution in [3.8, 4) is 17.3 Å². The molecule has 1 saturated carbocycles. The highest BCUT2D eigenvalue weighted by Gasteiger charge is 2.20. The molecular formula is C22H23FN4O. The van der Waals surface area contributed by atoms with Crippen molar-refractivity contribution in [1.82, 2.24) is 10.3 Å². The molecular weight excluding hydrogens is 355 g/mol. The summed E-state index contributed by atoms with van der Waals surface area (Å²) in [4.78, 5) is 4.44. The summed E-state index contributed by atoms with van der Waals surface area (Å²) in [6.45, 7) is 2.42. The van der Waals surface area contributed by atoms with Gasteiger partial charge >= 0.3 is 0 Å². The fraction of sp³-hybridized carbons (Fsp3) is 0.318. The first-order valence-electron chi connectivity index (χ1n) is 9.32. The van der Waals surface area contributed by atoms with Gasteiger partial charge in [-0.2, -0.15) is 5.26 Å². The van der Waals surface area contributed by atoms with Gasteiger partial charge in [0, 0.05) is 36.5 Å².